The number of hydrogen-bond donors (Lipinski definition) is 2. The summed E-state index contributed by atoms with van der Waals surface area (Å²) in [5, 5.41) is 5.59. The van der Waals surface area contributed by atoms with Gasteiger partial charge in [0.15, 0.2) is 6.10 Å². The topological polar surface area (TPSA) is 80.6 Å². The fraction of sp³-hybridized carbons (Fsp3) is 0.250. The van der Waals surface area contributed by atoms with Crippen LogP contribution >= 0.6 is 0 Å². The molecule has 0 bridgehead atoms. The van der Waals surface area contributed by atoms with E-state index in [1.54, 1.807) is 49.6 Å². The Balaban J connectivity index is 1.67. The van der Waals surface area contributed by atoms with Crippen molar-refractivity contribution in [3.05, 3.63) is 83.8 Å². The van der Waals surface area contributed by atoms with Crippen LogP contribution in [0.5, 0.6) is 5.75 Å². The Kier molecular flexibility index (Phi) is 6.91. The molecule has 1 atom stereocenters. The van der Waals surface area contributed by atoms with Crippen molar-refractivity contribution in [2.75, 3.05) is 5.32 Å². The van der Waals surface area contributed by atoms with Gasteiger partial charge in [0.25, 0.3) is 11.8 Å². The molecular formula is C24H26N2O4. The lowest BCUT2D eigenvalue weighted by Crippen LogP contribution is -2.32. The van der Waals surface area contributed by atoms with Gasteiger partial charge in [0.1, 0.15) is 11.5 Å². The van der Waals surface area contributed by atoms with Crippen LogP contribution in [-0.2, 0) is 11.3 Å². The van der Waals surface area contributed by atoms with Crippen molar-refractivity contribution in [1.82, 2.24) is 5.32 Å². The van der Waals surface area contributed by atoms with E-state index in [9.17, 15) is 9.59 Å². The van der Waals surface area contributed by atoms with E-state index < -0.39 is 6.10 Å². The Morgan fingerprint density at radius 3 is 2.43 bits per heavy atom. The van der Waals surface area contributed by atoms with Crippen molar-refractivity contribution in [3.63, 3.8) is 0 Å². The number of ether oxygens (including phenoxy) is 1. The number of anilines is 1. The van der Waals surface area contributed by atoms with Crippen LogP contribution in [0.3, 0.4) is 0 Å². The molecular weight excluding hydrogens is 380 g/mol. The van der Waals surface area contributed by atoms with E-state index in [1.165, 1.54) is 0 Å². The molecule has 6 nitrogen and oxygen atoms in total. The van der Waals surface area contributed by atoms with Crippen LogP contribution in [0.4, 0.5) is 5.69 Å². The zero-order valence-corrected chi connectivity index (χ0v) is 17.3. The number of carbonyl (C=O) groups excluding carboxylic acids is 2. The zero-order chi connectivity index (χ0) is 21.5. The molecule has 6 heteroatoms. The van der Waals surface area contributed by atoms with Gasteiger partial charge in [-0.1, -0.05) is 44.2 Å². The summed E-state index contributed by atoms with van der Waals surface area (Å²) in [6.07, 6.45) is 0.818. The smallest absolute Gasteiger partial charge is 0.265 e. The number of carbonyl (C=O) groups is 2. The molecule has 0 aliphatic heterocycles. The number of furan rings is 1. The summed E-state index contributed by atoms with van der Waals surface area (Å²) in [5.41, 5.74) is 1.83. The van der Waals surface area contributed by atoms with Crippen LogP contribution in [0.2, 0.25) is 0 Å². The average Bonchev–Trinajstić information content (AvgIpc) is 3.26. The summed E-state index contributed by atoms with van der Waals surface area (Å²) < 4.78 is 11.1. The summed E-state index contributed by atoms with van der Waals surface area (Å²) in [6.45, 7) is 6.10. The van der Waals surface area contributed by atoms with E-state index >= 15 is 0 Å². The van der Waals surface area contributed by atoms with Crippen molar-refractivity contribution < 1.29 is 18.7 Å². The standard InChI is InChI=1S/C24H26N2O4/c1-16(2)19-10-5-7-13-22(19)30-17(3)23(27)26-21-12-6-4-11-20(21)24(28)25-15-18-9-8-14-29-18/h4-14,16-17H,15H2,1-3H3,(H,25,28)(H,26,27). The minimum atomic E-state index is -0.732. The van der Waals surface area contributed by atoms with Gasteiger partial charge in [0.05, 0.1) is 24.1 Å². The Morgan fingerprint density at radius 2 is 1.70 bits per heavy atom. The molecule has 0 saturated heterocycles. The maximum absolute atomic E-state index is 12.7. The van der Waals surface area contributed by atoms with Gasteiger partial charge in [-0.2, -0.15) is 0 Å². The van der Waals surface area contributed by atoms with Crippen LogP contribution in [0.1, 0.15) is 48.4 Å². The van der Waals surface area contributed by atoms with E-state index in [0.29, 0.717) is 22.8 Å². The number of hydrogen-bond acceptors (Lipinski definition) is 4. The lowest BCUT2D eigenvalue weighted by Gasteiger charge is -2.19. The summed E-state index contributed by atoms with van der Waals surface area (Å²) in [4.78, 5) is 25.3. The molecule has 30 heavy (non-hydrogen) atoms. The van der Waals surface area contributed by atoms with Gasteiger partial charge in [-0.05, 0) is 48.7 Å². The molecule has 2 aromatic carbocycles. The van der Waals surface area contributed by atoms with E-state index in [1.807, 2.05) is 24.3 Å². The minimum absolute atomic E-state index is 0.264. The summed E-state index contributed by atoms with van der Waals surface area (Å²) in [7, 11) is 0. The first-order chi connectivity index (χ1) is 14.5. The van der Waals surface area contributed by atoms with Gasteiger partial charge in [0.2, 0.25) is 0 Å². The van der Waals surface area contributed by atoms with Gasteiger partial charge in [-0.15, -0.1) is 0 Å². The van der Waals surface area contributed by atoms with E-state index in [2.05, 4.69) is 24.5 Å². The second kappa shape index (κ2) is 9.78. The van der Waals surface area contributed by atoms with Crippen molar-refractivity contribution in [2.45, 2.75) is 39.3 Å². The third kappa shape index (κ3) is 5.29. The Morgan fingerprint density at radius 1 is 0.967 bits per heavy atom. The van der Waals surface area contributed by atoms with Crippen molar-refractivity contribution in [2.24, 2.45) is 0 Å². The van der Waals surface area contributed by atoms with E-state index in [0.717, 1.165) is 5.56 Å². The van der Waals surface area contributed by atoms with Crippen molar-refractivity contribution in [3.8, 4) is 5.75 Å². The summed E-state index contributed by atoms with van der Waals surface area (Å²) >= 11 is 0. The molecule has 0 aliphatic rings. The third-order valence-corrected chi connectivity index (χ3v) is 4.65. The normalized spacial score (nSPS) is 11.7. The molecule has 0 aliphatic carbocycles. The number of nitrogens with one attached hydrogen (secondary N) is 2. The highest BCUT2D eigenvalue weighted by atomic mass is 16.5. The maximum Gasteiger partial charge on any atom is 0.265 e. The van der Waals surface area contributed by atoms with Crippen LogP contribution in [-0.4, -0.2) is 17.9 Å². The van der Waals surface area contributed by atoms with Crippen molar-refractivity contribution >= 4 is 17.5 Å². The fourth-order valence-corrected chi connectivity index (χ4v) is 3.01. The maximum atomic E-state index is 12.7. The Hall–Kier alpha value is -3.54. The van der Waals surface area contributed by atoms with E-state index in [-0.39, 0.29) is 24.3 Å². The zero-order valence-electron chi connectivity index (χ0n) is 17.3. The fourth-order valence-electron chi connectivity index (χ4n) is 3.01. The molecule has 3 aromatic rings. The van der Waals surface area contributed by atoms with Gasteiger partial charge in [-0.3, -0.25) is 9.59 Å². The highest BCUT2D eigenvalue weighted by Crippen LogP contribution is 2.27. The van der Waals surface area contributed by atoms with Crippen LogP contribution in [0, 0.1) is 0 Å². The monoisotopic (exact) mass is 406 g/mol. The predicted octanol–water partition coefficient (Wildman–Crippen LogP) is 4.74. The Labute approximate surface area is 176 Å². The third-order valence-electron chi connectivity index (χ3n) is 4.65. The molecule has 2 amide bonds. The number of amides is 2. The molecule has 1 heterocycles. The molecule has 0 saturated carbocycles. The molecule has 0 fully saturated rings. The largest absolute Gasteiger partial charge is 0.481 e. The molecule has 0 radical (unpaired) electrons. The van der Waals surface area contributed by atoms with Crippen LogP contribution < -0.4 is 15.4 Å². The first-order valence-electron chi connectivity index (χ1n) is 9.91. The van der Waals surface area contributed by atoms with Crippen molar-refractivity contribution in [1.29, 1.82) is 0 Å². The van der Waals surface area contributed by atoms with Gasteiger partial charge >= 0.3 is 0 Å². The second-order valence-corrected chi connectivity index (χ2v) is 7.25. The molecule has 0 spiro atoms. The highest BCUT2D eigenvalue weighted by molar-refractivity contribution is 6.04. The van der Waals surface area contributed by atoms with Gasteiger partial charge in [-0.25, -0.2) is 0 Å². The Bertz CT molecular complexity index is 996. The van der Waals surface area contributed by atoms with E-state index in [4.69, 9.17) is 9.15 Å². The SMILES string of the molecule is CC(Oc1ccccc1C(C)C)C(=O)Nc1ccccc1C(=O)NCc1ccco1. The number of rotatable bonds is 8. The van der Waals surface area contributed by atoms with Gasteiger partial charge < -0.3 is 19.8 Å². The molecule has 156 valence electrons. The van der Waals surface area contributed by atoms with Gasteiger partial charge in [0, 0.05) is 0 Å². The molecule has 1 unspecified atom stereocenters. The second-order valence-electron chi connectivity index (χ2n) is 7.25. The summed E-state index contributed by atoms with van der Waals surface area (Å²) in [5.74, 6) is 0.964. The average molecular weight is 406 g/mol. The van der Waals surface area contributed by atoms with Crippen LogP contribution in [0.15, 0.2) is 71.3 Å². The number of para-hydroxylation sites is 2. The first-order valence-corrected chi connectivity index (χ1v) is 9.91. The highest BCUT2D eigenvalue weighted by Gasteiger charge is 2.20. The lowest BCUT2D eigenvalue weighted by atomic mass is 10.0. The molecule has 3 rings (SSSR count). The predicted molar refractivity (Wildman–Crippen MR) is 116 cm³/mol. The number of benzene rings is 2. The van der Waals surface area contributed by atoms with Crippen LogP contribution in [0.25, 0.3) is 0 Å². The molecule has 2 N–H and O–H groups in total. The quantitative estimate of drug-likeness (QED) is 0.566. The first kappa shape index (κ1) is 21.2. The molecule has 1 aromatic heterocycles. The lowest BCUT2D eigenvalue weighted by molar-refractivity contribution is -0.122. The minimum Gasteiger partial charge on any atom is -0.481 e. The summed E-state index contributed by atoms with van der Waals surface area (Å²) in [6, 6.07) is 18.1.